The van der Waals surface area contributed by atoms with Crippen LogP contribution in [-0.4, -0.2) is 59.1 Å². The Balaban J connectivity index is 1.52. The summed E-state index contributed by atoms with van der Waals surface area (Å²) in [6, 6.07) is 11.4. The molecule has 0 aliphatic carbocycles. The fourth-order valence-electron chi connectivity index (χ4n) is 3.48. The topological polar surface area (TPSA) is 61.5 Å². The van der Waals surface area contributed by atoms with Gasteiger partial charge in [-0.25, -0.2) is 0 Å². The number of piperidine rings is 1. The molecular weight excluding hydrogens is 328 g/mol. The van der Waals surface area contributed by atoms with Crippen molar-refractivity contribution in [3.8, 4) is 5.75 Å². The van der Waals surface area contributed by atoms with Crippen molar-refractivity contribution >= 4 is 5.91 Å². The Labute approximate surface area is 155 Å². The minimum Gasteiger partial charge on any atom is -0.487 e. The second-order valence-corrected chi connectivity index (χ2v) is 6.97. The molecule has 6 nitrogen and oxygen atoms in total. The number of rotatable bonds is 7. The predicted octanol–water partition coefficient (Wildman–Crippen LogP) is 2.79. The van der Waals surface area contributed by atoms with E-state index in [-0.39, 0.29) is 5.91 Å². The molecule has 6 heteroatoms. The van der Waals surface area contributed by atoms with E-state index in [1.807, 2.05) is 37.4 Å². The molecule has 0 spiro atoms. The molecule has 26 heavy (non-hydrogen) atoms. The van der Waals surface area contributed by atoms with E-state index in [1.165, 1.54) is 19.4 Å². The van der Waals surface area contributed by atoms with Crippen LogP contribution in [0.3, 0.4) is 0 Å². The van der Waals surface area contributed by atoms with Crippen LogP contribution in [0.15, 0.2) is 36.4 Å². The molecule has 3 rings (SSSR count). The summed E-state index contributed by atoms with van der Waals surface area (Å²) in [5.41, 5.74) is 1.24. The Morgan fingerprint density at radius 2 is 2.19 bits per heavy atom. The lowest BCUT2D eigenvalue weighted by Gasteiger charge is -2.33. The molecule has 0 saturated carbocycles. The van der Waals surface area contributed by atoms with Gasteiger partial charge in [-0.2, -0.15) is 5.10 Å². The Hall–Kier alpha value is -2.34. The number of H-pyrrole nitrogens is 1. The molecular formula is C20H28N4O2. The molecule has 1 atom stereocenters. The molecule has 1 amide bonds. The van der Waals surface area contributed by atoms with Crippen LogP contribution in [0.25, 0.3) is 0 Å². The lowest BCUT2D eigenvalue weighted by molar-refractivity contribution is 0.0727. The van der Waals surface area contributed by atoms with Crippen LogP contribution in [0.4, 0.5) is 0 Å². The number of hydrogen-bond acceptors (Lipinski definition) is 4. The van der Waals surface area contributed by atoms with Gasteiger partial charge in [-0.1, -0.05) is 25.1 Å². The first-order valence-corrected chi connectivity index (χ1v) is 9.35. The Morgan fingerprint density at radius 1 is 1.38 bits per heavy atom. The van der Waals surface area contributed by atoms with Gasteiger partial charge in [-0.15, -0.1) is 0 Å². The van der Waals surface area contributed by atoms with E-state index in [2.05, 4.69) is 22.0 Å². The first kappa shape index (κ1) is 18.5. The highest BCUT2D eigenvalue weighted by molar-refractivity contribution is 5.92. The zero-order valence-electron chi connectivity index (χ0n) is 15.6. The highest BCUT2D eigenvalue weighted by Crippen LogP contribution is 2.18. The number of carbonyl (C=O) groups is 1. The van der Waals surface area contributed by atoms with Crippen LogP contribution in [0, 0.1) is 5.92 Å². The lowest BCUT2D eigenvalue weighted by Crippen LogP contribution is -2.41. The zero-order valence-corrected chi connectivity index (χ0v) is 15.6. The molecule has 140 valence electrons. The molecule has 1 aromatic carbocycles. The van der Waals surface area contributed by atoms with E-state index in [0.29, 0.717) is 18.2 Å². The van der Waals surface area contributed by atoms with Gasteiger partial charge in [0.1, 0.15) is 12.4 Å². The molecule has 0 unspecified atom stereocenters. The van der Waals surface area contributed by atoms with Crippen molar-refractivity contribution in [1.29, 1.82) is 0 Å². The number of ether oxygens (including phenoxy) is 1. The minimum atomic E-state index is -0.0409. The summed E-state index contributed by atoms with van der Waals surface area (Å²) in [5.74, 6) is 1.29. The summed E-state index contributed by atoms with van der Waals surface area (Å²) in [6.45, 7) is 6.66. The van der Waals surface area contributed by atoms with Gasteiger partial charge >= 0.3 is 0 Å². The highest BCUT2D eigenvalue weighted by atomic mass is 16.5. The number of aromatic amines is 1. The van der Waals surface area contributed by atoms with E-state index in [9.17, 15) is 4.79 Å². The molecule has 1 N–H and O–H groups in total. The van der Waals surface area contributed by atoms with E-state index in [0.717, 1.165) is 31.1 Å². The second kappa shape index (κ2) is 8.85. The third kappa shape index (κ3) is 4.85. The third-order valence-electron chi connectivity index (χ3n) is 4.92. The fraction of sp³-hybridized carbons (Fsp3) is 0.500. The average Bonchev–Trinajstić information content (AvgIpc) is 3.15. The van der Waals surface area contributed by atoms with E-state index < -0.39 is 0 Å². The van der Waals surface area contributed by atoms with Gasteiger partial charge in [0.05, 0.1) is 5.69 Å². The van der Waals surface area contributed by atoms with Crippen molar-refractivity contribution in [2.45, 2.75) is 26.4 Å². The van der Waals surface area contributed by atoms with Crippen LogP contribution in [-0.2, 0) is 6.61 Å². The number of benzene rings is 1. The summed E-state index contributed by atoms with van der Waals surface area (Å²) in [4.78, 5) is 16.9. The predicted molar refractivity (Wildman–Crippen MR) is 101 cm³/mol. The molecule has 0 bridgehead atoms. The number of para-hydroxylation sites is 1. The fourth-order valence-corrected chi connectivity index (χ4v) is 3.48. The number of amides is 1. The smallest absolute Gasteiger partial charge is 0.274 e. The molecule has 1 aromatic heterocycles. The minimum absolute atomic E-state index is 0.0409. The van der Waals surface area contributed by atoms with E-state index >= 15 is 0 Å². The van der Waals surface area contributed by atoms with Crippen molar-refractivity contribution in [3.63, 3.8) is 0 Å². The van der Waals surface area contributed by atoms with Crippen molar-refractivity contribution in [2.24, 2.45) is 5.92 Å². The summed E-state index contributed by atoms with van der Waals surface area (Å²) in [5, 5.41) is 7.07. The van der Waals surface area contributed by atoms with Crippen LogP contribution < -0.4 is 4.74 Å². The monoisotopic (exact) mass is 356 g/mol. The molecule has 1 saturated heterocycles. The SMILES string of the molecule is CCN1CCC[C@@H](CN(C)C(=O)c2cc(COc3ccccc3)[nH]n2)C1. The number of aromatic nitrogens is 2. The molecule has 1 aliphatic rings. The van der Waals surface area contributed by atoms with Crippen LogP contribution in [0.1, 0.15) is 35.9 Å². The van der Waals surface area contributed by atoms with E-state index in [1.54, 1.807) is 11.0 Å². The van der Waals surface area contributed by atoms with Gasteiger partial charge in [0.2, 0.25) is 0 Å². The largest absolute Gasteiger partial charge is 0.487 e. The van der Waals surface area contributed by atoms with Gasteiger partial charge < -0.3 is 14.5 Å². The maximum absolute atomic E-state index is 12.6. The molecule has 0 radical (unpaired) electrons. The molecule has 2 aromatic rings. The quantitative estimate of drug-likeness (QED) is 0.829. The van der Waals surface area contributed by atoms with Crippen LogP contribution in [0.5, 0.6) is 5.75 Å². The van der Waals surface area contributed by atoms with Crippen molar-refractivity contribution < 1.29 is 9.53 Å². The highest BCUT2D eigenvalue weighted by Gasteiger charge is 2.23. The first-order chi connectivity index (χ1) is 12.7. The molecule has 1 aliphatic heterocycles. The Kier molecular flexibility index (Phi) is 6.28. The van der Waals surface area contributed by atoms with Crippen molar-refractivity contribution in [3.05, 3.63) is 47.8 Å². The molecule has 2 heterocycles. The van der Waals surface area contributed by atoms with Gasteiger partial charge in [0.25, 0.3) is 5.91 Å². The van der Waals surface area contributed by atoms with Crippen molar-refractivity contribution in [2.75, 3.05) is 33.2 Å². The summed E-state index contributed by atoms with van der Waals surface area (Å²) < 4.78 is 5.69. The van der Waals surface area contributed by atoms with Gasteiger partial charge in [0, 0.05) is 20.1 Å². The number of nitrogens with zero attached hydrogens (tertiary/aromatic N) is 3. The number of likely N-dealkylation sites (tertiary alicyclic amines) is 1. The summed E-state index contributed by atoms with van der Waals surface area (Å²) in [6.07, 6.45) is 2.40. The lowest BCUT2D eigenvalue weighted by atomic mass is 9.97. The maximum atomic E-state index is 12.6. The third-order valence-corrected chi connectivity index (χ3v) is 4.92. The number of hydrogen-bond donors (Lipinski definition) is 1. The van der Waals surface area contributed by atoms with Gasteiger partial charge in [-0.05, 0) is 50.0 Å². The second-order valence-electron chi connectivity index (χ2n) is 6.97. The Morgan fingerprint density at radius 3 is 2.96 bits per heavy atom. The van der Waals surface area contributed by atoms with E-state index in [4.69, 9.17) is 4.74 Å². The summed E-state index contributed by atoms with van der Waals surface area (Å²) in [7, 11) is 1.86. The normalized spacial score (nSPS) is 17.8. The van der Waals surface area contributed by atoms with Crippen molar-refractivity contribution in [1.82, 2.24) is 20.0 Å². The molecule has 1 fully saturated rings. The van der Waals surface area contributed by atoms with Crippen LogP contribution >= 0.6 is 0 Å². The zero-order chi connectivity index (χ0) is 18.4. The van der Waals surface area contributed by atoms with Gasteiger partial charge in [-0.3, -0.25) is 9.89 Å². The average molecular weight is 356 g/mol. The standard InChI is InChI=1S/C20H28N4O2/c1-3-24-11-7-8-16(14-24)13-23(2)20(25)19-12-17(21-22-19)15-26-18-9-5-4-6-10-18/h4-6,9-10,12,16H,3,7-8,11,13-15H2,1-2H3,(H,21,22)/t16-/m0/s1. The maximum Gasteiger partial charge on any atom is 0.274 e. The first-order valence-electron chi connectivity index (χ1n) is 9.35. The number of carbonyl (C=O) groups excluding carboxylic acids is 1. The summed E-state index contributed by atoms with van der Waals surface area (Å²) >= 11 is 0. The Bertz CT molecular complexity index is 701. The van der Waals surface area contributed by atoms with Gasteiger partial charge in [0.15, 0.2) is 5.69 Å². The number of nitrogens with one attached hydrogen (secondary N) is 1. The van der Waals surface area contributed by atoms with Crippen LogP contribution in [0.2, 0.25) is 0 Å².